The second-order valence-corrected chi connectivity index (χ2v) is 11.9. The fraction of sp³-hybridized carbons (Fsp3) is 0.269. The van der Waals surface area contributed by atoms with Gasteiger partial charge in [-0.1, -0.05) is 44.5 Å². The van der Waals surface area contributed by atoms with Crippen molar-refractivity contribution in [3.8, 4) is 0 Å². The zero-order valence-corrected chi connectivity index (χ0v) is 22.1. The summed E-state index contributed by atoms with van der Waals surface area (Å²) in [6.45, 7) is 9.17. The maximum atomic E-state index is 13.4. The molecule has 36 heavy (non-hydrogen) atoms. The van der Waals surface area contributed by atoms with Crippen molar-refractivity contribution in [2.45, 2.75) is 51.5 Å². The highest BCUT2D eigenvalue weighted by Gasteiger charge is 2.40. The Bertz CT molecular complexity index is 1510. The number of hydrogen-bond donors (Lipinski definition) is 1. The molecule has 1 aliphatic heterocycles. The van der Waals surface area contributed by atoms with E-state index in [1.165, 1.54) is 24.3 Å². The largest absolute Gasteiger partial charge is 0.618 e. The Morgan fingerprint density at radius 2 is 1.56 bits per heavy atom. The molecule has 0 radical (unpaired) electrons. The van der Waals surface area contributed by atoms with Gasteiger partial charge in [0.1, 0.15) is 0 Å². The number of rotatable bonds is 5. The second-order valence-electron chi connectivity index (χ2n) is 9.80. The third kappa shape index (κ3) is 4.44. The van der Waals surface area contributed by atoms with Gasteiger partial charge < -0.3 is 5.21 Å². The minimum absolute atomic E-state index is 0.0168. The first-order valence-corrected chi connectivity index (χ1v) is 13.1. The van der Waals surface area contributed by atoms with Gasteiger partial charge in [-0.15, -0.1) is 0 Å². The number of sulfonamides is 1. The summed E-state index contributed by atoms with van der Waals surface area (Å²) in [5.74, 6) is -1.36. The van der Waals surface area contributed by atoms with Crippen LogP contribution in [0, 0.1) is 19.1 Å². The topological polar surface area (TPSA) is 110 Å². The van der Waals surface area contributed by atoms with Crippen LogP contribution in [-0.4, -0.2) is 25.1 Å². The molecule has 1 aromatic heterocycles. The molecular weight excluding hydrogens is 502 g/mol. The van der Waals surface area contributed by atoms with E-state index in [-0.39, 0.29) is 38.7 Å². The first-order valence-electron chi connectivity index (χ1n) is 11.2. The van der Waals surface area contributed by atoms with Crippen molar-refractivity contribution in [2.24, 2.45) is 0 Å². The molecule has 2 heterocycles. The summed E-state index contributed by atoms with van der Waals surface area (Å²) < 4.78 is 29.4. The van der Waals surface area contributed by atoms with Crippen LogP contribution in [0.1, 0.15) is 64.0 Å². The fourth-order valence-corrected chi connectivity index (χ4v) is 5.39. The molecule has 8 nitrogen and oxygen atoms in total. The highest BCUT2D eigenvalue weighted by atomic mass is 35.5. The van der Waals surface area contributed by atoms with E-state index in [0.29, 0.717) is 17.0 Å². The average Bonchev–Trinajstić information content (AvgIpc) is 3.06. The van der Waals surface area contributed by atoms with E-state index in [1.807, 2.05) is 20.8 Å². The molecule has 0 saturated carbocycles. The Balaban J connectivity index is 1.69. The first-order chi connectivity index (χ1) is 16.7. The standard InChI is InChI=1S/C26H26ClN3O5S/c1-15-6-7-17(16(2)30(15)33)14-29-24(31)22-20(27)12-13-21(23(22)25(29)32)28-36(34,35)19-10-8-18(9-11-19)26(3,4)5/h6-13,28H,14H2,1-5H3. The molecule has 0 aliphatic carbocycles. The van der Waals surface area contributed by atoms with Crippen LogP contribution in [0.2, 0.25) is 5.02 Å². The molecular formula is C26H26ClN3O5S. The molecule has 3 aromatic rings. The predicted molar refractivity (Wildman–Crippen MR) is 136 cm³/mol. The number of amides is 2. The molecule has 188 valence electrons. The normalized spacial score (nSPS) is 13.8. The van der Waals surface area contributed by atoms with Gasteiger partial charge in [0.25, 0.3) is 21.8 Å². The average molecular weight is 528 g/mol. The summed E-state index contributed by atoms with van der Waals surface area (Å²) in [5.41, 5.74) is 1.90. The van der Waals surface area contributed by atoms with Crippen molar-refractivity contribution in [3.05, 3.63) is 92.4 Å². The number of imide groups is 1. The van der Waals surface area contributed by atoms with Gasteiger partial charge >= 0.3 is 0 Å². The monoisotopic (exact) mass is 527 g/mol. The molecule has 0 saturated heterocycles. The van der Waals surface area contributed by atoms with Crippen LogP contribution >= 0.6 is 11.6 Å². The van der Waals surface area contributed by atoms with E-state index in [1.54, 1.807) is 38.1 Å². The Morgan fingerprint density at radius 1 is 0.944 bits per heavy atom. The third-order valence-electron chi connectivity index (χ3n) is 6.29. The quantitative estimate of drug-likeness (QED) is 0.299. The summed E-state index contributed by atoms with van der Waals surface area (Å²) >= 11 is 6.26. The Morgan fingerprint density at radius 3 is 2.17 bits per heavy atom. The zero-order valence-electron chi connectivity index (χ0n) is 20.5. The number of nitrogens with zero attached hydrogens (tertiary/aromatic N) is 2. The van der Waals surface area contributed by atoms with Gasteiger partial charge in [0.05, 0.1) is 33.3 Å². The molecule has 0 fully saturated rings. The number of fused-ring (bicyclic) bond motifs is 1. The molecule has 0 spiro atoms. The lowest BCUT2D eigenvalue weighted by atomic mass is 9.87. The van der Waals surface area contributed by atoms with Gasteiger partial charge in [-0.05, 0) is 41.3 Å². The van der Waals surface area contributed by atoms with Crippen LogP contribution in [0.4, 0.5) is 5.69 Å². The smallest absolute Gasteiger partial charge is 0.264 e. The van der Waals surface area contributed by atoms with Crippen molar-refractivity contribution in [3.63, 3.8) is 0 Å². The van der Waals surface area contributed by atoms with Crippen LogP contribution in [0.3, 0.4) is 0 Å². The van der Waals surface area contributed by atoms with Crippen LogP contribution in [-0.2, 0) is 22.0 Å². The van der Waals surface area contributed by atoms with Crippen LogP contribution in [0.25, 0.3) is 0 Å². The molecule has 0 atom stereocenters. The number of pyridine rings is 1. The Labute approximate surface area is 215 Å². The highest BCUT2D eigenvalue weighted by Crippen LogP contribution is 2.36. The number of nitrogens with one attached hydrogen (secondary N) is 1. The summed E-state index contributed by atoms with van der Waals surface area (Å²) in [5, 5.41) is 12.3. The molecule has 4 rings (SSSR count). The van der Waals surface area contributed by atoms with Gasteiger partial charge in [0.2, 0.25) is 0 Å². The van der Waals surface area contributed by atoms with Gasteiger partial charge in [-0.3, -0.25) is 19.2 Å². The number of benzene rings is 2. The second kappa shape index (κ2) is 8.90. The minimum Gasteiger partial charge on any atom is -0.618 e. The Kier molecular flexibility index (Phi) is 6.34. The third-order valence-corrected chi connectivity index (χ3v) is 7.99. The number of aryl methyl sites for hydroxylation is 1. The molecule has 0 unspecified atom stereocenters. The predicted octanol–water partition coefficient (Wildman–Crippen LogP) is 4.48. The van der Waals surface area contributed by atoms with E-state index in [2.05, 4.69) is 4.72 Å². The van der Waals surface area contributed by atoms with Gasteiger partial charge in [0.15, 0.2) is 11.4 Å². The molecule has 0 bridgehead atoms. The number of aromatic nitrogens is 1. The van der Waals surface area contributed by atoms with Gasteiger partial charge in [-0.2, -0.15) is 4.73 Å². The lowest BCUT2D eigenvalue weighted by Crippen LogP contribution is -2.37. The molecule has 2 aromatic carbocycles. The van der Waals surface area contributed by atoms with Gasteiger partial charge in [0, 0.05) is 25.5 Å². The van der Waals surface area contributed by atoms with Crippen LogP contribution in [0.5, 0.6) is 0 Å². The minimum atomic E-state index is -4.06. The maximum Gasteiger partial charge on any atom is 0.264 e. The van der Waals surface area contributed by atoms with E-state index in [4.69, 9.17) is 11.6 Å². The van der Waals surface area contributed by atoms with Crippen LogP contribution < -0.4 is 9.45 Å². The van der Waals surface area contributed by atoms with Crippen molar-refractivity contribution in [1.82, 2.24) is 4.90 Å². The Hall–Kier alpha value is -3.43. The molecule has 2 amide bonds. The van der Waals surface area contributed by atoms with Crippen LogP contribution in [0.15, 0.2) is 53.4 Å². The first kappa shape index (κ1) is 25.7. The highest BCUT2D eigenvalue weighted by molar-refractivity contribution is 7.92. The lowest BCUT2D eigenvalue weighted by Gasteiger charge is -2.19. The summed E-state index contributed by atoms with van der Waals surface area (Å²) in [7, 11) is -4.06. The molecule has 1 N–H and O–H groups in total. The van der Waals surface area contributed by atoms with Crippen molar-refractivity contribution < 1.29 is 22.7 Å². The SMILES string of the molecule is Cc1ccc(CN2C(=O)c3c(Cl)ccc(NS(=O)(=O)c4ccc(C(C)(C)C)cc4)c3C2=O)c(C)[n+]1[O-]. The molecule has 1 aliphatic rings. The summed E-state index contributed by atoms with van der Waals surface area (Å²) in [6.07, 6.45) is 0. The number of carbonyl (C=O) groups excluding carboxylic acids is 2. The number of anilines is 1. The van der Waals surface area contributed by atoms with Crippen molar-refractivity contribution >= 4 is 39.1 Å². The van der Waals surface area contributed by atoms with E-state index in [9.17, 15) is 23.2 Å². The summed E-state index contributed by atoms with van der Waals surface area (Å²) in [6, 6.07) is 12.5. The number of halogens is 1. The van der Waals surface area contributed by atoms with Crippen molar-refractivity contribution in [1.29, 1.82) is 0 Å². The number of carbonyl (C=O) groups is 2. The summed E-state index contributed by atoms with van der Waals surface area (Å²) in [4.78, 5) is 27.5. The van der Waals surface area contributed by atoms with E-state index < -0.39 is 21.8 Å². The van der Waals surface area contributed by atoms with E-state index in [0.717, 1.165) is 15.2 Å². The van der Waals surface area contributed by atoms with Crippen molar-refractivity contribution in [2.75, 3.05) is 4.72 Å². The lowest BCUT2D eigenvalue weighted by molar-refractivity contribution is -0.619. The zero-order chi connectivity index (χ0) is 26.6. The molecule has 10 heteroatoms. The van der Waals surface area contributed by atoms with Gasteiger partial charge in [-0.25, -0.2) is 8.42 Å². The maximum absolute atomic E-state index is 13.4. The fourth-order valence-electron chi connectivity index (χ4n) is 4.08. The number of hydrogen-bond acceptors (Lipinski definition) is 5. The van der Waals surface area contributed by atoms with E-state index >= 15 is 0 Å².